The summed E-state index contributed by atoms with van der Waals surface area (Å²) in [5.41, 5.74) is 0.541. The van der Waals surface area contributed by atoms with E-state index in [1.54, 1.807) is 24.3 Å². The van der Waals surface area contributed by atoms with Crippen molar-refractivity contribution in [2.24, 2.45) is 0 Å². The Morgan fingerprint density at radius 3 is 2.79 bits per heavy atom. The normalized spacial score (nSPS) is 28.1. The van der Waals surface area contributed by atoms with Gasteiger partial charge in [-0.1, -0.05) is 12.1 Å². The summed E-state index contributed by atoms with van der Waals surface area (Å²) in [7, 11) is -1.65. The van der Waals surface area contributed by atoms with Crippen molar-refractivity contribution in [3.05, 3.63) is 24.3 Å². The number of ether oxygens (including phenoxy) is 2. The van der Waals surface area contributed by atoms with Gasteiger partial charge in [-0.2, -0.15) is 0 Å². The zero-order valence-corrected chi connectivity index (χ0v) is 11.1. The highest BCUT2D eigenvalue weighted by molar-refractivity contribution is 7.91. The van der Waals surface area contributed by atoms with Crippen molar-refractivity contribution < 1.29 is 22.7 Å². The molecule has 0 spiro atoms. The molecule has 0 saturated carbocycles. The largest absolute Gasteiger partial charge is 0.495 e. The van der Waals surface area contributed by atoms with Gasteiger partial charge in [0.05, 0.1) is 30.3 Å². The molecule has 3 rings (SSSR count). The number of para-hydroxylation sites is 2. The van der Waals surface area contributed by atoms with Gasteiger partial charge in [0.15, 0.2) is 9.84 Å². The van der Waals surface area contributed by atoms with Crippen molar-refractivity contribution in [2.75, 3.05) is 23.5 Å². The maximum atomic E-state index is 11.9. The molecular formula is C12H13NO5S. The molecule has 6 nitrogen and oxygen atoms in total. The molecule has 1 aromatic carbocycles. The number of carbonyl (C=O) groups excluding carboxylic acids is 1. The van der Waals surface area contributed by atoms with Crippen molar-refractivity contribution in [1.29, 1.82) is 0 Å². The average molecular weight is 283 g/mol. The summed E-state index contributed by atoms with van der Waals surface area (Å²) >= 11 is 0. The smallest absolute Gasteiger partial charge is 0.415 e. The van der Waals surface area contributed by atoms with Crippen molar-refractivity contribution in [2.45, 2.75) is 12.1 Å². The first-order valence-electron chi connectivity index (χ1n) is 5.85. The maximum Gasteiger partial charge on any atom is 0.415 e. The van der Waals surface area contributed by atoms with Crippen LogP contribution in [0, 0.1) is 0 Å². The Hall–Kier alpha value is -1.76. The molecule has 2 atom stereocenters. The van der Waals surface area contributed by atoms with Crippen LogP contribution in [0.4, 0.5) is 10.5 Å². The fraction of sp³-hybridized carbons (Fsp3) is 0.417. The highest BCUT2D eigenvalue weighted by Crippen LogP contribution is 2.37. The minimum Gasteiger partial charge on any atom is -0.495 e. The summed E-state index contributed by atoms with van der Waals surface area (Å²) in [4.78, 5) is 13.3. The van der Waals surface area contributed by atoms with Crippen LogP contribution in [0.1, 0.15) is 0 Å². The van der Waals surface area contributed by atoms with Crippen molar-refractivity contribution in [3.8, 4) is 5.75 Å². The van der Waals surface area contributed by atoms with Crippen molar-refractivity contribution in [3.63, 3.8) is 0 Å². The summed E-state index contributed by atoms with van der Waals surface area (Å²) in [5, 5.41) is 0. The topological polar surface area (TPSA) is 72.9 Å². The number of nitrogens with zero attached hydrogens (tertiary/aromatic N) is 1. The number of methoxy groups -OCH3 is 1. The van der Waals surface area contributed by atoms with Crippen LogP contribution in [0.3, 0.4) is 0 Å². The molecule has 2 saturated heterocycles. The summed E-state index contributed by atoms with van der Waals surface area (Å²) < 4.78 is 33.6. The van der Waals surface area contributed by atoms with Crippen LogP contribution >= 0.6 is 0 Å². The van der Waals surface area contributed by atoms with E-state index in [2.05, 4.69) is 0 Å². The molecule has 19 heavy (non-hydrogen) atoms. The highest BCUT2D eigenvalue weighted by atomic mass is 32.2. The number of rotatable bonds is 2. The molecule has 1 amide bonds. The van der Waals surface area contributed by atoms with E-state index in [1.807, 2.05) is 0 Å². The molecule has 0 unspecified atom stereocenters. The van der Waals surface area contributed by atoms with Gasteiger partial charge in [0, 0.05) is 0 Å². The summed E-state index contributed by atoms with van der Waals surface area (Å²) in [6, 6.07) is 6.52. The molecule has 2 heterocycles. The summed E-state index contributed by atoms with van der Waals surface area (Å²) in [6.45, 7) is 0. The molecule has 2 aliphatic heterocycles. The summed E-state index contributed by atoms with van der Waals surface area (Å²) in [6.07, 6.45) is -1.10. The number of carbonyl (C=O) groups is 1. The number of benzene rings is 1. The van der Waals surface area contributed by atoms with Crippen LogP contribution < -0.4 is 9.64 Å². The van der Waals surface area contributed by atoms with Crippen LogP contribution in [0.15, 0.2) is 24.3 Å². The quantitative estimate of drug-likeness (QED) is 0.803. The van der Waals surface area contributed by atoms with Gasteiger partial charge in [-0.05, 0) is 12.1 Å². The highest BCUT2D eigenvalue weighted by Gasteiger charge is 2.51. The van der Waals surface area contributed by atoms with E-state index in [0.29, 0.717) is 11.4 Å². The molecule has 102 valence electrons. The number of sulfone groups is 1. The van der Waals surface area contributed by atoms with E-state index in [0.717, 1.165) is 0 Å². The Labute approximate surface area is 110 Å². The zero-order chi connectivity index (χ0) is 13.6. The second kappa shape index (κ2) is 4.12. The van der Waals surface area contributed by atoms with Gasteiger partial charge in [0.2, 0.25) is 0 Å². The van der Waals surface area contributed by atoms with E-state index in [-0.39, 0.29) is 11.5 Å². The predicted molar refractivity (Wildman–Crippen MR) is 68.2 cm³/mol. The Morgan fingerprint density at radius 1 is 1.32 bits per heavy atom. The van der Waals surface area contributed by atoms with Crippen molar-refractivity contribution >= 4 is 21.6 Å². The van der Waals surface area contributed by atoms with E-state index >= 15 is 0 Å². The Kier molecular flexibility index (Phi) is 2.67. The second-order valence-electron chi connectivity index (χ2n) is 4.61. The molecule has 1 aromatic rings. The lowest BCUT2D eigenvalue weighted by atomic mass is 10.2. The summed E-state index contributed by atoms with van der Waals surface area (Å²) in [5.74, 6) is 0.348. The first-order chi connectivity index (χ1) is 9.02. The first-order valence-corrected chi connectivity index (χ1v) is 7.67. The lowest BCUT2D eigenvalue weighted by Crippen LogP contribution is -2.37. The Bertz CT molecular complexity index is 627. The van der Waals surface area contributed by atoms with Gasteiger partial charge >= 0.3 is 6.09 Å². The predicted octanol–water partition coefficient (Wildman–Crippen LogP) is 0.817. The fourth-order valence-corrected chi connectivity index (χ4v) is 4.39. The minimum absolute atomic E-state index is 0.0680. The monoisotopic (exact) mass is 283 g/mol. The molecule has 2 aliphatic rings. The Morgan fingerprint density at radius 2 is 2.05 bits per heavy atom. The third-order valence-corrected chi connectivity index (χ3v) is 5.08. The number of hydrogen-bond donors (Lipinski definition) is 0. The van der Waals surface area contributed by atoms with Gasteiger partial charge in [-0.25, -0.2) is 13.2 Å². The molecular weight excluding hydrogens is 270 g/mol. The van der Waals surface area contributed by atoms with Crippen LogP contribution in [-0.4, -0.2) is 45.3 Å². The molecule has 7 heteroatoms. The lowest BCUT2D eigenvalue weighted by molar-refractivity contribution is 0.147. The van der Waals surface area contributed by atoms with E-state index in [4.69, 9.17) is 9.47 Å². The number of anilines is 1. The van der Waals surface area contributed by atoms with E-state index in [9.17, 15) is 13.2 Å². The third kappa shape index (κ3) is 1.94. The SMILES string of the molecule is COc1ccccc1N1C(=O)O[C@@H]2CS(=O)(=O)C[C@@H]21. The molecule has 0 aromatic heterocycles. The van der Waals surface area contributed by atoms with Gasteiger partial charge in [0.1, 0.15) is 11.9 Å². The zero-order valence-electron chi connectivity index (χ0n) is 10.3. The van der Waals surface area contributed by atoms with Gasteiger partial charge in [-0.15, -0.1) is 0 Å². The molecule has 2 fully saturated rings. The van der Waals surface area contributed by atoms with Gasteiger partial charge < -0.3 is 9.47 Å². The molecule has 0 radical (unpaired) electrons. The van der Waals surface area contributed by atoms with Crippen LogP contribution in [0.2, 0.25) is 0 Å². The fourth-order valence-electron chi connectivity index (χ4n) is 2.58. The number of hydrogen-bond acceptors (Lipinski definition) is 5. The lowest BCUT2D eigenvalue weighted by Gasteiger charge is -2.21. The average Bonchev–Trinajstić information content (AvgIpc) is 2.79. The van der Waals surface area contributed by atoms with Crippen LogP contribution in [0.5, 0.6) is 5.75 Å². The standard InChI is InChI=1S/C12H13NO5S/c1-17-10-5-3-2-4-8(10)13-9-6-19(15,16)7-11(9)18-12(13)14/h2-5,9,11H,6-7H2,1H3/t9-,11+/m0/s1. The van der Waals surface area contributed by atoms with E-state index in [1.165, 1.54) is 12.0 Å². The van der Waals surface area contributed by atoms with E-state index < -0.39 is 28.1 Å². The van der Waals surface area contributed by atoms with Gasteiger partial charge in [-0.3, -0.25) is 4.90 Å². The van der Waals surface area contributed by atoms with Crippen molar-refractivity contribution in [1.82, 2.24) is 0 Å². The Balaban J connectivity index is 2.02. The maximum absolute atomic E-state index is 11.9. The number of amides is 1. The van der Waals surface area contributed by atoms with Crippen LogP contribution in [-0.2, 0) is 14.6 Å². The first kappa shape index (κ1) is 12.3. The number of fused-ring (bicyclic) bond motifs is 1. The van der Waals surface area contributed by atoms with Crippen LogP contribution in [0.25, 0.3) is 0 Å². The van der Waals surface area contributed by atoms with Gasteiger partial charge in [0.25, 0.3) is 0 Å². The molecule has 0 bridgehead atoms. The third-order valence-electron chi connectivity index (χ3n) is 3.40. The molecule has 0 N–H and O–H groups in total. The second-order valence-corrected chi connectivity index (χ2v) is 6.76. The minimum atomic E-state index is -3.15. The molecule has 0 aliphatic carbocycles.